The first-order valence-electron chi connectivity index (χ1n) is 8.27. The summed E-state index contributed by atoms with van der Waals surface area (Å²) in [6, 6.07) is 23.4. The fourth-order valence-corrected chi connectivity index (χ4v) is 3.12. The fraction of sp³-hybridized carbons (Fsp3) is 0.0476. The van der Waals surface area contributed by atoms with Crippen molar-refractivity contribution in [2.24, 2.45) is 0 Å². The number of halogens is 1. The summed E-state index contributed by atoms with van der Waals surface area (Å²) in [4.78, 5) is 20.0. The number of aromatic nitrogens is 2. The molecule has 4 aromatic rings. The summed E-state index contributed by atoms with van der Waals surface area (Å²) < 4.78 is 1.05. The monoisotopic (exact) mass is 405 g/mol. The first kappa shape index (κ1) is 16.5. The summed E-state index contributed by atoms with van der Waals surface area (Å²) in [7, 11) is 0. The van der Waals surface area contributed by atoms with E-state index in [-0.39, 0.29) is 5.56 Å². The van der Waals surface area contributed by atoms with Crippen LogP contribution in [0.5, 0.6) is 0 Å². The van der Waals surface area contributed by atoms with Crippen LogP contribution in [0.2, 0.25) is 0 Å². The van der Waals surface area contributed by atoms with E-state index in [0.717, 1.165) is 32.3 Å². The quantitative estimate of drug-likeness (QED) is 0.504. The summed E-state index contributed by atoms with van der Waals surface area (Å²) >= 11 is 3.44. The van der Waals surface area contributed by atoms with Crippen LogP contribution in [0.3, 0.4) is 0 Å². The molecule has 128 valence electrons. The molecule has 5 heteroatoms. The zero-order chi connectivity index (χ0) is 17.9. The maximum absolute atomic E-state index is 12.5. The predicted molar refractivity (Wildman–Crippen MR) is 109 cm³/mol. The second kappa shape index (κ2) is 7.14. The Morgan fingerprint density at radius 3 is 2.50 bits per heavy atom. The van der Waals surface area contributed by atoms with Gasteiger partial charge in [0.15, 0.2) is 0 Å². The molecule has 0 spiro atoms. The first-order chi connectivity index (χ1) is 12.7. The highest BCUT2D eigenvalue weighted by molar-refractivity contribution is 9.10. The van der Waals surface area contributed by atoms with E-state index < -0.39 is 0 Å². The molecule has 26 heavy (non-hydrogen) atoms. The van der Waals surface area contributed by atoms with Crippen LogP contribution in [0.25, 0.3) is 22.3 Å². The number of hydrogen-bond donors (Lipinski definition) is 2. The number of benzene rings is 3. The molecule has 0 aliphatic carbocycles. The lowest BCUT2D eigenvalue weighted by Crippen LogP contribution is -2.12. The highest BCUT2D eigenvalue weighted by Gasteiger charge is 2.11. The molecule has 0 unspecified atom stereocenters. The van der Waals surface area contributed by atoms with Gasteiger partial charge >= 0.3 is 0 Å². The van der Waals surface area contributed by atoms with Gasteiger partial charge in [-0.25, -0.2) is 4.98 Å². The normalized spacial score (nSPS) is 10.8. The summed E-state index contributed by atoms with van der Waals surface area (Å²) in [6.45, 7) is 0.662. The Bertz CT molecular complexity index is 1120. The average molecular weight is 406 g/mol. The van der Waals surface area contributed by atoms with E-state index in [0.29, 0.717) is 12.2 Å². The molecule has 0 saturated carbocycles. The minimum absolute atomic E-state index is 0.193. The Morgan fingerprint density at radius 2 is 1.65 bits per heavy atom. The number of rotatable bonds is 4. The molecule has 0 bridgehead atoms. The molecular weight excluding hydrogens is 390 g/mol. The van der Waals surface area contributed by atoms with Crippen molar-refractivity contribution in [3.8, 4) is 11.3 Å². The molecule has 0 fully saturated rings. The van der Waals surface area contributed by atoms with Gasteiger partial charge in [0.1, 0.15) is 5.69 Å². The van der Waals surface area contributed by atoms with Crippen molar-refractivity contribution >= 4 is 32.7 Å². The molecule has 0 atom stereocenters. The maximum Gasteiger partial charge on any atom is 0.275 e. The smallest absolute Gasteiger partial charge is 0.275 e. The molecule has 1 heterocycles. The third-order valence-corrected chi connectivity index (χ3v) is 4.71. The molecule has 0 saturated heterocycles. The van der Waals surface area contributed by atoms with Gasteiger partial charge < -0.3 is 10.3 Å². The van der Waals surface area contributed by atoms with Crippen molar-refractivity contribution in [3.63, 3.8) is 0 Å². The summed E-state index contributed by atoms with van der Waals surface area (Å²) in [5.41, 5.74) is 4.55. The molecule has 4 nitrogen and oxygen atoms in total. The number of para-hydroxylation sites is 3. The van der Waals surface area contributed by atoms with Crippen molar-refractivity contribution in [1.82, 2.24) is 9.97 Å². The van der Waals surface area contributed by atoms with E-state index in [2.05, 4.69) is 43.3 Å². The van der Waals surface area contributed by atoms with Crippen molar-refractivity contribution in [2.45, 2.75) is 6.54 Å². The minimum Gasteiger partial charge on any atom is -0.380 e. The third-order valence-electron chi connectivity index (χ3n) is 4.18. The van der Waals surface area contributed by atoms with Gasteiger partial charge in [-0.1, -0.05) is 58.4 Å². The van der Waals surface area contributed by atoms with E-state index in [4.69, 9.17) is 0 Å². The Morgan fingerprint density at radius 1 is 0.923 bits per heavy atom. The first-order valence-corrected chi connectivity index (χ1v) is 9.07. The lowest BCUT2D eigenvalue weighted by Gasteiger charge is -2.12. The van der Waals surface area contributed by atoms with Crippen LogP contribution >= 0.6 is 15.9 Å². The average Bonchev–Trinajstić information content (AvgIpc) is 2.67. The van der Waals surface area contributed by atoms with Gasteiger partial charge in [-0.05, 0) is 35.9 Å². The number of anilines is 1. The molecule has 0 amide bonds. The number of hydrogen-bond acceptors (Lipinski definition) is 3. The molecule has 2 N–H and O–H groups in total. The van der Waals surface area contributed by atoms with E-state index in [1.165, 1.54) is 0 Å². The van der Waals surface area contributed by atoms with Gasteiger partial charge in [0.2, 0.25) is 0 Å². The van der Waals surface area contributed by atoms with Crippen molar-refractivity contribution in [2.75, 3.05) is 5.32 Å². The number of H-pyrrole nitrogens is 1. The van der Waals surface area contributed by atoms with Crippen LogP contribution in [0, 0.1) is 0 Å². The third kappa shape index (κ3) is 3.39. The van der Waals surface area contributed by atoms with Crippen molar-refractivity contribution in [3.05, 3.63) is 93.2 Å². The van der Waals surface area contributed by atoms with Crippen LogP contribution in [0.15, 0.2) is 82.1 Å². The highest BCUT2D eigenvalue weighted by Crippen LogP contribution is 2.25. The van der Waals surface area contributed by atoms with Gasteiger partial charge in [0.05, 0.1) is 11.0 Å². The number of nitrogens with zero attached hydrogens (tertiary/aromatic N) is 1. The maximum atomic E-state index is 12.5. The molecular formula is C21H16BrN3O. The second-order valence-corrected chi connectivity index (χ2v) is 6.87. The molecule has 0 radical (unpaired) electrons. The Balaban J connectivity index is 1.70. The van der Waals surface area contributed by atoms with Gasteiger partial charge in [-0.15, -0.1) is 0 Å². The molecule has 1 aromatic heterocycles. The second-order valence-electron chi connectivity index (χ2n) is 5.96. The molecule has 4 rings (SSSR count). The highest BCUT2D eigenvalue weighted by atomic mass is 79.9. The summed E-state index contributed by atoms with van der Waals surface area (Å²) in [5, 5.41) is 3.41. The number of nitrogens with one attached hydrogen (secondary N) is 2. The van der Waals surface area contributed by atoms with Gasteiger partial charge in [0, 0.05) is 22.3 Å². The van der Waals surface area contributed by atoms with Crippen LogP contribution in [0.4, 0.5) is 5.69 Å². The molecule has 3 aromatic carbocycles. The number of fused-ring (bicyclic) bond motifs is 1. The fourth-order valence-electron chi connectivity index (χ4n) is 2.86. The van der Waals surface area contributed by atoms with Gasteiger partial charge in [-0.2, -0.15) is 0 Å². The largest absolute Gasteiger partial charge is 0.380 e. The standard InChI is InChI=1S/C21H16BrN3O/c22-15-11-9-14(10-12-15)13-23-17-6-2-1-5-16(17)20-21(26)25-19-8-4-3-7-18(19)24-20/h1-12,23H,13H2,(H,25,26). The lowest BCUT2D eigenvalue weighted by molar-refractivity contribution is 1.14. The van der Waals surface area contributed by atoms with E-state index in [1.54, 1.807) is 0 Å². The van der Waals surface area contributed by atoms with Gasteiger partial charge in [-0.3, -0.25) is 4.79 Å². The van der Waals surface area contributed by atoms with Crippen LogP contribution in [-0.2, 0) is 6.54 Å². The van der Waals surface area contributed by atoms with Crippen LogP contribution in [0.1, 0.15) is 5.56 Å². The zero-order valence-corrected chi connectivity index (χ0v) is 15.5. The zero-order valence-electron chi connectivity index (χ0n) is 13.9. The minimum atomic E-state index is -0.193. The van der Waals surface area contributed by atoms with E-state index >= 15 is 0 Å². The van der Waals surface area contributed by atoms with Crippen LogP contribution in [-0.4, -0.2) is 9.97 Å². The SMILES string of the molecule is O=c1[nH]c2ccccc2nc1-c1ccccc1NCc1ccc(Br)cc1. The van der Waals surface area contributed by atoms with E-state index in [1.807, 2.05) is 60.7 Å². The molecule has 0 aliphatic heterocycles. The topological polar surface area (TPSA) is 57.8 Å². The summed E-state index contributed by atoms with van der Waals surface area (Å²) in [6.07, 6.45) is 0. The van der Waals surface area contributed by atoms with Crippen LogP contribution < -0.4 is 10.9 Å². The van der Waals surface area contributed by atoms with Gasteiger partial charge in [0.25, 0.3) is 5.56 Å². The Hall–Kier alpha value is -2.92. The molecule has 0 aliphatic rings. The number of aromatic amines is 1. The lowest BCUT2D eigenvalue weighted by atomic mass is 10.1. The Labute approximate surface area is 159 Å². The van der Waals surface area contributed by atoms with Crippen molar-refractivity contribution in [1.29, 1.82) is 0 Å². The summed E-state index contributed by atoms with van der Waals surface area (Å²) in [5.74, 6) is 0. The predicted octanol–water partition coefficient (Wildman–Crippen LogP) is 4.96. The van der Waals surface area contributed by atoms with Crippen molar-refractivity contribution < 1.29 is 0 Å². The Kier molecular flexibility index (Phi) is 4.54. The van der Waals surface area contributed by atoms with E-state index in [9.17, 15) is 4.79 Å².